The van der Waals surface area contributed by atoms with Gasteiger partial charge in [0.15, 0.2) is 0 Å². The number of nitrogens with two attached hydrogens (primary N) is 1. The number of aromatic nitrogens is 1. The van der Waals surface area contributed by atoms with Crippen molar-refractivity contribution in [1.29, 1.82) is 0 Å². The number of rotatable bonds is 3. The second kappa shape index (κ2) is 6.35. The highest BCUT2D eigenvalue weighted by atomic mass is 16.3. The van der Waals surface area contributed by atoms with Gasteiger partial charge in [0.25, 0.3) is 0 Å². The largest absolute Gasteiger partial charge is 0.390 e. The first-order valence-corrected chi connectivity index (χ1v) is 7.39. The van der Waals surface area contributed by atoms with Crippen molar-refractivity contribution >= 4 is 0 Å². The Bertz CT molecular complexity index is 570. The number of piperidine rings is 1. The van der Waals surface area contributed by atoms with E-state index in [1.165, 1.54) is 5.56 Å². The summed E-state index contributed by atoms with van der Waals surface area (Å²) in [5.41, 5.74) is 9.20. The van der Waals surface area contributed by atoms with Gasteiger partial charge in [-0.25, -0.2) is 0 Å². The van der Waals surface area contributed by atoms with Gasteiger partial charge in [0, 0.05) is 37.4 Å². The van der Waals surface area contributed by atoms with Gasteiger partial charge in [0.2, 0.25) is 0 Å². The monoisotopic (exact) mass is 283 g/mol. The Hall–Kier alpha value is -1.75. The van der Waals surface area contributed by atoms with Crippen LogP contribution in [0.25, 0.3) is 11.3 Å². The van der Waals surface area contributed by atoms with Crippen LogP contribution in [0, 0.1) is 0 Å². The molecule has 2 atom stereocenters. The van der Waals surface area contributed by atoms with Crippen LogP contribution in [-0.2, 0) is 6.54 Å². The molecular weight excluding hydrogens is 262 g/mol. The van der Waals surface area contributed by atoms with Gasteiger partial charge in [-0.15, -0.1) is 0 Å². The zero-order chi connectivity index (χ0) is 14.7. The van der Waals surface area contributed by atoms with E-state index in [0.717, 1.165) is 30.8 Å². The molecule has 1 aliphatic rings. The van der Waals surface area contributed by atoms with Gasteiger partial charge in [-0.3, -0.25) is 9.88 Å². The predicted octanol–water partition coefficient (Wildman–Crippen LogP) is 1.64. The van der Waals surface area contributed by atoms with Crippen molar-refractivity contribution in [2.24, 2.45) is 5.73 Å². The molecule has 0 amide bonds. The minimum atomic E-state index is -0.411. The Morgan fingerprint density at radius 3 is 2.67 bits per heavy atom. The van der Waals surface area contributed by atoms with E-state index in [9.17, 15) is 5.11 Å². The predicted molar refractivity (Wildman–Crippen MR) is 83.5 cm³/mol. The molecule has 1 aromatic heterocycles. The topological polar surface area (TPSA) is 62.4 Å². The molecule has 0 aliphatic carbocycles. The lowest BCUT2D eigenvalue weighted by Crippen LogP contribution is -2.50. The first-order chi connectivity index (χ1) is 10.2. The summed E-state index contributed by atoms with van der Waals surface area (Å²) < 4.78 is 0. The van der Waals surface area contributed by atoms with Crippen LogP contribution in [0.3, 0.4) is 0 Å². The van der Waals surface area contributed by atoms with Crippen molar-refractivity contribution in [3.05, 3.63) is 54.2 Å². The van der Waals surface area contributed by atoms with Gasteiger partial charge in [0.05, 0.1) is 11.8 Å². The number of likely N-dealkylation sites (tertiary alicyclic amines) is 1. The molecule has 3 rings (SSSR count). The standard InChI is InChI=1S/C17H21N3O/c18-15-8-10-20(12-17(15)21)11-13-4-6-14(7-5-13)16-3-1-2-9-19-16/h1-7,9,15,17,21H,8,10-12,18H2/t15-,17-/m1/s1. The third kappa shape index (κ3) is 3.47. The molecule has 2 heterocycles. The molecule has 0 bridgehead atoms. The molecule has 1 aromatic carbocycles. The van der Waals surface area contributed by atoms with Gasteiger partial charge < -0.3 is 10.8 Å². The van der Waals surface area contributed by atoms with Crippen molar-refractivity contribution in [2.75, 3.05) is 13.1 Å². The highest BCUT2D eigenvalue weighted by Gasteiger charge is 2.24. The SMILES string of the molecule is N[C@@H]1CCN(Cc2ccc(-c3ccccn3)cc2)C[C@H]1O. The Labute approximate surface area is 125 Å². The molecule has 0 unspecified atom stereocenters. The highest BCUT2D eigenvalue weighted by molar-refractivity contribution is 5.58. The summed E-state index contributed by atoms with van der Waals surface area (Å²) in [5.74, 6) is 0. The molecule has 1 saturated heterocycles. The molecule has 0 saturated carbocycles. The van der Waals surface area contributed by atoms with Crippen molar-refractivity contribution in [3.8, 4) is 11.3 Å². The summed E-state index contributed by atoms with van der Waals surface area (Å²) in [6.45, 7) is 2.45. The molecule has 3 N–H and O–H groups in total. The van der Waals surface area contributed by atoms with Gasteiger partial charge in [-0.1, -0.05) is 30.3 Å². The lowest BCUT2D eigenvalue weighted by molar-refractivity contribution is 0.0499. The third-order valence-corrected chi connectivity index (χ3v) is 4.04. The van der Waals surface area contributed by atoms with E-state index in [2.05, 4.69) is 34.1 Å². The van der Waals surface area contributed by atoms with E-state index in [1.54, 1.807) is 0 Å². The third-order valence-electron chi connectivity index (χ3n) is 4.04. The van der Waals surface area contributed by atoms with Gasteiger partial charge in [-0.2, -0.15) is 0 Å². The van der Waals surface area contributed by atoms with Crippen molar-refractivity contribution in [2.45, 2.75) is 25.1 Å². The maximum atomic E-state index is 9.84. The average molecular weight is 283 g/mol. The maximum Gasteiger partial charge on any atom is 0.0818 e. The van der Waals surface area contributed by atoms with Gasteiger partial charge >= 0.3 is 0 Å². The summed E-state index contributed by atoms with van der Waals surface area (Å²) in [4.78, 5) is 6.61. The molecule has 21 heavy (non-hydrogen) atoms. The van der Waals surface area contributed by atoms with E-state index in [-0.39, 0.29) is 6.04 Å². The molecule has 4 nitrogen and oxygen atoms in total. The average Bonchev–Trinajstić information content (AvgIpc) is 2.53. The Kier molecular flexibility index (Phi) is 4.29. The summed E-state index contributed by atoms with van der Waals surface area (Å²) in [7, 11) is 0. The minimum absolute atomic E-state index is 0.0761. The van der Waals surface area contributed by atoms with Gasteiger partial charge in [0.1, 0.15) is 0 Å². The molecule has 110 valence electrons. The summed E-state index contributed by atoms with van der Waals surface area (Å²) in [6, 6.07) is 14.3. The summed E-state index contributed by atoms with van der Waals surface area (Å²) in [5, 5.41) is 9.84. The second-order valence-electron chi connectivity index (χ2n) is 5.67. The molecule has 0 radical (unpaired) electrons. The zero-order valence-corrected chi connectivity index (χ0v) is 12.0. The summed E-state index contributed by atoms with van der Waals surface area (Å²) >= 11 is 0. The molecule has 1 aliphatic heterocycles. The van der Waals surface area contributed by atoms with Crippen molar-refractivity contribution in [3.63, 3.8) is 0 Å². The van der Waals surface area contributed by atoms with Gasteiger partial charge in [-0.05, 0) is 24.1 Å². The number of hydrogen-bond donors (Lipinski definition) is 2. The van der Waals surface area contributed by atoms with E-state index >= 15 is 0 Å². The number of β-amino-alcohol motifs (C(OH)–C–C–N with tert-alkyl or cyclic N) is 1. The number of aliphatic hydroxyl groups is 1. The molecule has 0 spiro atoms. The van der Waals surface area contributed by atoms with Crippen LogP contribution in [0.5, 0.6) is 0 Å². The quantitative estimate of drug-likeness (QED) is 0.899. The second-order valence-corrected chi connectivity index (χ2v) is 5.67. The fourth-order valence-electron chi connectivity index (χ4n) is 2.73. The molecule has 1 fully saturated rings. The normalized spacial score (nSPS) is 23.1. The zero-order valence-electron chi connectivity index (χ0n) is 12.0. The van der Waals surface area contributed by atoms with Crippen LogP contribution in [0.15, 0.2) is 48.7 Å². The summed E-state index contributed by atoms with van der Waals surface area (Å²) in [6.07, 6.45) is 2.25. The first-order valence-electron chi connectivity index (χ1n) is 7.39. The Morgan fingerprint density at radius 1 is 1.19 bits per heavy atom. The number of benzene rings is 1. The maximum absolute atomic E-state index is 9.84. The Morgan fingerprint density at radius 2 is 2.00 bits per heavy atom. The van der Waals surface area contributed by atoms with Crippen LogP contribution in [0.4, 0.5) is 0 Å². The minimum Gasteiger partial charge on any atom is -0.390 e. The fourth-order valence-corrected chi connectivity index (χ4v) is 2.73. The molecule has 4 heteroatoms. The van der Waals surface area contributed by atoms with E-state index in [4.69, 9.17) is 5.73 Å². The lowest BCUT2D eigenvalue weighted by atomic mass is 10.0. The number of hydrogen-bond acceptors (Lipinski definition) is 4. The van der Waals surface area contributed by atoms with Crippen LogP contribution >= 0.6 is 0 Å². The van der Waals surface area contributed by atoms with Crippen LogP contribution in [0.1, 0.15) is 12.0 Å². The number of aliphatic hydroxyl groups excluding tert-OH is 1. The number of nitrogens with zero attached hydrogens (tertiary/aromatic N) is 2. The lowest BCUT2D eigenvalue weighted by Gasteiger charge is -2.34. The molecule has 2 aromatic rings. The van der Waals surface area contributed by atoms with Crippen LogP contribution in [-0.4, -0.2) is 40.2 Å². The molecular formula is C17H21N3O. The number of pyridine rings is 1. The van der Waals surface area contributed by atoms with Crippen LogP contribution in [0.2, 0.25) is 0 Å². The van der Waals surface area contributed by atoms with Crippen molar-refractivity contribution in [1.82, 2.24) is 9.88 Å². The van der Waals surface area contributed by atoms with Crippen LogP contribution < -0.4 is 5.73 Å². The highest BCUT2D eigenvalue weighted by Crippen LogP contribution is 2.19. The smallest absolute Gasteiger partial charge is 0.0818 e. The van der Waals surface area contributed by atoms with Crippen molar-refractivity contribution < 1.29 is 5.11 Å². The Balaban J connectivity index is 1.65. The fraction of sp³-hybridized carbons (Fsp3) is 0.353. The van der Waals surface area contributed by atoms with E-state index in [1.807, 2.05) is 24.4 Å². The van der Waals surface area contributed by atoms with E-state index < -0.39 is 6.10 Å². The first kappa shape index (κ1) is 14.2. The van der Waals surface area contributed by atoms with E-state index in [0.29, 0.717) is 6.54 Å².